The Morgan fingerprint density at radius 3 is 2.55 bits per heavy atom. The molecule has 11 heavy (non-hydrogen) atoms. The fraction of sp³-hybridized carbons (Fsp3) is 0. The molecule has 4 nitrogen and oxygen atoms in total. The van der Waals surface area contributed by atoms with Gasteiger partial charge in [0, 0.05) is 29.6 Å². The molecule has 1 aromatic heterocycles. The van der Waals surface area contributed by atoms with Gasteiger partial charge in [-0.3, -0.25) is 4.79 Å². The van der Waals surface area contributed by atoms with Crippen molar-refractivity contribution in [1.82, 2.24) is 4.98 Å². The first-order valence-electron chi connectivity index (χ1n) is 2.62. The molecule has 0 unspecified atom stereocenters. The van der Waals surface area contributed by atoms with Gasteiger partial charge in [0.1, 0.15) is 0 Å². The summed E-state index contributed by atoms with van der Waals surface area (Å²) in [7, 11) is 0. The number of carbonyl (C=O) groups is 1. The van der Waals surface area contributed by atoms with Crippen molar-refractivity contribution < 1.29 is 9.90 Å². The van der Waals surface area contributed by atoms with Crippen molar-refractivity contribution in [3.05, 3.63) is 34.2 Å². The maximum Gasteiger partial charge on any atom is 0.335 e. The molecule has 0 bridgehead atoms. The van der Waals surface area contributed by atoms with Gasteiger partial charge >= 0.3 is 5.97 Å². The minimum absolute atomic E-state index is 0. The molecule has 0 amide bonds. The van der Waals surface area contributed by atoms with Gasteiger partial charge in [0.15, 0.2) is 0 Å². The lowest BCUT2D eigenvalue weighted by Crippen LogP contribution is -2.07. The lowest BCUT2D eigenvalue weighted by atomic mass is 10.3. The summed E-state index contributed by atoms with van der Waals surface area (Å²) in [6.45, 7) is 0. The predicted molar refractivity (Wildman–Crippen MR) is 39.8 cm³/mol. The molecule has 0 aliphatic heterocycles. The summed E-state index contributed by atoms with van der Waals surface area (Å²) in [5, 5.41) is 8.36. The Balaban J connectivity index is 0.000001000. The van der Waals surface area contributed by atoms with E-state index in [1.54, 1.807) is 0 Å². The minimum atomic E-state index is -1.09. The largest absolute Gasteiger partial charge is 0.478 e. The van der Waals surface area contributed by atoms with Gasteiger partial charge in [-0.25, -0.2) is 4.79 Å². The Kier molecular flexibility index (Phi) is 3.59. The first-order valence-corrected chi connectivity index (χ1v) is 2.62. The van der Waals surface area contributed by atoms with Gasteiger partial charge in [-0.1, -0.05) is 0 Å². The van der Waals surface area contributed by atoms with E-state index in [-0.39, 0.29) is 22.9 Å². The van der Waals surface area contributed by atoms with E-state index >= 15 is 0 Å². The van der Waals surface area contributed by atoms with E-state index in [0.717, 1.165) is 6.07 Å². The Labute approximate surface area is 73.0 Å². The molecule has 1 heterocycles. The first kappa shape index (κ1) is 9.95. The molecule has 0 saturated heterocycles. The lowest BCUT2D eigenvalue weighted by Gasteiger charge is -1.88. The van der Waals surface area contributed by atoms with Gasteiger partial charge < -0.3 is 10.1 Å². The number of hydrogen-bond donors (Lipinski definition) is 2. The second-order valence-electron chi connectivity index (χ2n) is 1.75. The summed E-state index contributed by atoms with van der Waals surface area (Å²) in [5.74, 6) is -1.09. The van der Waals surface area contributed by atoms with Crippen LogP contribution in [0.4, 0.5) is 0 Å². The summed E-state index contributed by atoms with van der Waals surface area (Å²) in [4.78, 5) is 23.0. The van der Waals surface area contributed by atoms with Crippen molar-refractivity contribution in [2.24, 2.45) is 0 Å². The highest BCUT2D eigenvalue weighted by atomic mass is 27.0. The van der Waals surface area contributed by atoms with Crippen LogP contribution in [0.1, 0.15) is 10.4 Å². The lowest BCUT2D eigenvalue weighted by molar-refractivity contribution is 0.0696. The molecule has 0 fully saturated rings. The number of rotatable bonds is 1. The molecule has 0 saturated carbocycles. The van der Waals surface area contributed by atoms with Gasteiger partial charge in [0.2, 0.25) is 5.56 Å². The smallest absolute Gasteiger partial charge is 0.335 e. The number of carboxylic acid groups (broad SMARTS) is 1. The normalized spacial score (nSPS) is 8.36. The number of pyridine rings is 1. The van der Waals surface area contributed by atoms with Crippen molar-refractivity contribution in [2.45, 2.75) is 0 Å². The van der Waals surface area contributed by atoms with Crippen LogP contribution in [-0.4, -0.2) is 33.4 Å². The summed E-state index contributed by atoms with van der Waals surface area (Å²) in [6.07, 6.45) is 1.30. The number of nitrogens with one attached hydrogen (secondary N) is 1. The molecule has 0 spiro atoms. The average Bonchev–Trinajstić information content (AvgIpc) is 1.88. The topological polar surface area (TPSA) is 70.2 Å². The van der Waals surface area contributed by atoms with Crippen molar-refractivity contribution >= 4 is 23.3 Å². The fourth-order valence-electron chi connectivity index (χ4n) is 0.578. The van der Waals surface area contributed by atoms with E-state index in [9.17, 15) is 9.59 Å². The van der Waals surface area contributed by atoms with Crippen molar-refractivity contribution in [3.63, 3.8) is 0 Å². The molecule has 1 aromatic rings. The molecule has 0 aliphatic carbocycles. The zero-order chi connectivity index (χ0) is 7.56. The molecule has 0 atom stereocenters. The highest BCUT2D eigenvalue weighted by Gasteiger charge is 1.99. The summed E-state index contributed by atoms with van der Waals surface area (Å²) in [5.41, 5.74) is -0.399. The molecular formula is C6H5AlNO3. The standard InChI is InChI=1S/C6H5NO3.Al/c8-5-3-4(6(9)10)1-2-7-5;/h1-3H,(H,7,8)(H,9,10);. The van der Waals surface area contributed by atoms with Crippen LogP contribution in [0.5, 0.6) is 0 Å². The highest BCUT2D eigenvalue weighted by Crippen LogP contribution is 1.90. The molecule has 3 radical (unpaired) electrons. The second kappa shape index (κ2) is 3.96. The van der Waals surface area contributed by atoms with E-state index in [1.165, 1.54) is 12.3 Å². The van der Waals surface area contributed by atoms with E-state index in [0.29, 0.717) is 0 Å². The van der Waals surface area contributed by atoms with Gasteiger partial charge in [0.25, 0.3) is 0 Å². The maximum absolute atomic E-state index is 10.5. The Morgan fingerprint density at radius 1 is 1.55 bits per heavy atom. The number of aromatic amines is 1. The molecule has 0 aliphatic rings. The van der Waals surface area contributed by atoms with Crippen LogP contribution in [0, 0.1) is 0 Å². The van der Waals surface area contributed by atoms with Crippen LogP contribution < -0.4 is 5.56 Å². The van der Waals surface area contributed by atoms with E-state index in [2.05, 4.69) is 4.98 Å². The van der Waals surface area contributed by atoms with Crippen LogP contribution in [0.3, 0.4) is 0 Å². The average molecular weight is 166 g/mol. The number of hydrogen-bond acceptors (Lipinski definition) is 2. The zero-order valence-electron chi connectivity index (χ0n) is 5.57. The monoisotopic (exact) mass is 166 g/mol. The molecule has 5 heteroatoms. The van der Waals surface area contributed by atoms with Crippen molar-refractivity contribution in [2.75, 3.05) is 0 Å². The quantitative estimate of drug-likeness (QED) is 0.562. The summed E-state index contributed by atoms with van der Waals surface area (Å²) in [6, 6.07) is 2.35. The van der Waals surface area contributed by atoms with E-state index < -0.39 is 11.5 Å². The SMILES string of the molecule is O=C(O)c1cc[nH]c(=O)c1.[Al]. The number of H-pyrrole nitrogens is 1. The number of carboxylic acids is 1. The second-order valence-corrected chi connectivity index (χ2v) is 1.75. The van der Waals surface area contributed by atoms with Gasteiger partial charge in [-0.15, -0.1) is 0 Å². The molecular weight excluding hydrogens is 161 g/mol. The third-order valence-corrected chi connectivity index (χ3v) is 1.02. The summed E-state index contributed by atoms with van der Waals surface area (Å²) >= 11 is 0. The van der Waals surface area contributed by atoms with Gasteiger partial charge in [0.05, 0.1) is 5.56 Å². The molecule has 0 aromatic carbocycles. The number of aromatic carboxylic acids is 1. The molecule has 1 rings (SSSR count). The number of aromatic nitrogens is 1. The maximum atomic E-state index is 10.5. The van der Waals surface area contributed by atoms with Crippen molar-refractivity contribution in [3.8, 4) is 0 Å². The van der Waals surface area contributed by atoms with Gasteiger partial charge in [-0.05, 0) is 6.07 Å². The van der Waals surface area contributed by atoms with Gasteiger partial charge in [-0.2, -0.15) is 0 Å². The molecule has 55 valence electrons. The molecule has 2 N–H and O–H groups in total. The van der Waals surface area contributed by atoms with E-state index in [1.807, 2.05) is 0 Å². The Bertz CT molecular complexity index is 307. The summed E-state index contributed by atoms with van der Waals surface area (Å²) < 4.78 is 0. The Morgan fingerprint density at radius 2 is 2.18 bits per heavy atom. The first-order chi connectivity index (χ1) is 4.70. The van der Waals surface area contributed by atoms with Crippen LogP contribution in [0.25, 0.3) is 0 Å². The highest BCUT2D eigenvalue weighted by molar-refractivity contribution is 5.87. The Hall–Kier alpha value is -1.05. The van der Waals surface area contributed by atoms with Crippen LogP contribution in [-0.2, 0) is 0 Å². The third-order valence-electron chi connectivity index (χ3n) is 1.02. The minimum Gasteiger partial charge on any atom is -0.478 e. The van der Waals surface area contributed by atoms with Crippen LogP contribution in [0.2, 0.25) is 0 Å². The zero-order valence-corrected chi connectivity index (χ0v) is 6.73. The van der Waals surface area contributed by atoms with Crippen LogP contribution >= 0.6 is 0 Å². The fourth-order valence-corrected chi connectivity index (χ4v) is 0.578. The van der Waals surface area contributed by atoms with Crippen molar-refractivity contribution in [1.29, 1.82) is 0 Å². The third kappa shape index (κ3) is 2.58. The predicted octanol–water partition coefficient (Wildman–Crippen LogP) is -0.308. The van der Waals surface area contributed by atoms with Crippen LogP contribution in [0.15, 0.2) is 23.1 Å². The van der Waals surface area contributed by atoms with E-state index in [4.69, 9.17) is 5.11 Å².